The summed E-state index contributed by atoms with van der Waals surface area (Å²) in [7, 11) is 3.52. The van der Waals surface area contributed by atoms with Crippen LogP contribution in [0.25, 0.3) is 0 Å². The lowest BCUT2D eigenvalue weighted by Gasteiger charge is -2.34. The smallest absolute Gasteiger partial charge is 0.191 e. The first-order valence-electron chi connectivity index (χ1n) is 10.7. The molecule has 2 N–H and O–H groups in total. The predicted octanol–water partition coefficient (Wildman–Crippen LogP) is 1.89. The second-order valence-corrected chi connectivity index (χ2v) is 8.55. The highest BCUT2D eigenvalue weighted by molar-refractivity contribution is 14.0. The van der Waals surface area contributed by atoms with E-state index in [1.54, 1.807) is 7.11 Å². The number of ether oxygens (including phenoxy) is 1. The first-order valence-corrected chi connectivity index (χ1v) is 10.7. The minimum Gasteiger partial charge on any atom is -0.377 e. The van der Waals surface area contributed by atoms with Gasteiger partial charge in [-0.05, 0) is 37.6 Å². The SMILES string of the molecule is CN=C(NCC1CCCN(CC(C)C)C1)NC1CCc2nc(COC)nn2C1.I. The number of likely N-dealkylation sites (tertiary alicyclic amines) is 1. The van der Waals surface area contributed by atoms with Crippen LogP contribution in [0.3, 0.4) is 0 Å². The third-order valence-electron chi connectivity index (χ3n) is 5.52. The Kier molecular flexibility index (Phi) is 10.1. The van der Waals surface area contributed by atoms with Gasteiger partial charge in [0, 0.05) is 46.3 Å². The maximum absolute atomic E-state index is 5.15. The number of halogens is 1. The summed E-state index contributed by atoms with van der Waals surface area (Å²) in [5, 5.41) is 11.7. The molecular weight excluding hydrogens is 481 g/mol. The summed E-state index contributed by atoms with van der Waals surface area (Å²) in [4.78, 5) is 11.6. The van der Waals surface area contributed by atoms with E-state index in [9.17, 15) is 0 Å². The zero-order chi connectivity index (χ0) is 19.9. The molecule has 1 fully saturated rings. The topological polar surface area (TPSA) is 79.6 Å². The molecule has 0 bridgehead atoms. The second kappa shape index (κ2) is 12.0. The number of aliphatic imine (C=N–C) groups is 1. The summed E-state index contributed by atoms with van der Waals surface area (Å²) in [6, 6.07) is 0.319. The number of nitrogens with zero attached hydrogens (tertiary/aromatic N) is 5. The number of hydrogen-bond acceptors (Lipinski definition) is 5. The van der Waals surface area contributed by atoms with Crippen molar-refractivity contribution in [2.24, 2.45) is 16.8 Å². The normalized spacial score (nSPS) is 22.9. The molecule has 9 heteroatoms. The van der Waals surface area contributed by atoms with Crippen LogP contribution >= 0.6 is 24.0 Å². The van der Waals surface area contributed by atoms with Gasteiger partial charge in [0.2, 0.25) is 0 Å². The third-order valence-corrected chi connectivity index (χ3v) is 5.52. The number of guanidine groups is 1. The number of methoxy groups -OCH3 is 1. The second-order valence-electron chi connectivity index (χ2n) is 8.55. The van der Waals surface area contributed by atoms with Crippen LogP contribution in [-0.4, -0.2) is 72.0 Å². The Morgan fingerprint density at radius 1 is 1.31 bits per heavy atom. The summed E-state index contributed by atoms with van der Waals surface area (Å²) < 4.78 is 7.15. The van der Waals surface area contributed by atoms with Crippen LogP contribution in [0.1, 0.15) is 44.8 Å². The number of fused-ring (bicyclic) bond motifs is 1. The Bertz CT molecular complexity index is 649. The van der Waals surface area contributed by atoms with Gasteiger partial charge in [-0.25, -0.2) is 9.67 Å². The van der Waals surface area contributed by atoms with E-state index >= 15 is 0 Å². The van der Waals surface area contributed by atoms with Crippen LogP contribution in [0.2, 0.25) is 0 Å². The van der Waals surface area contributed by atoms with Gasteiger partial charge in [-0.15, -0.1) is 24.0 Å². The van der Waals surface area contributed by atoms with Crippen molar-refractivity contribution in [2.45, 2.75) is 58.7 Å². The minimum atomic E-state index is 0. The van der Waals surface area contributed by atoms with Gasteiger partial charge in [0.1, 0.15) is 12.4 Å². The molecule has 0 spiro atoms. The summed E-state index contributed by atoms with van der Waals surface area (Å²) in [6.45, 7) is 10.5. The molecule has 0 aliphatic carbocycles. The fraction of sp³-hybridized carbons (Fsp3) is 0.850. The largest absolute Gasteiger partial charge is 0.377 e. The molecule has 3 rings (SSSR count). The van der Waals surface area contributed by atoms with Gasteiger partial charge in [-0.1, -0.05) is 13.8 Å². The van der Waals surface area contributed by atoms with Crippen molar-refractivity contribution in [1.82, 2.24) is 30.3 Å². The Labute approximate surface area is 192 Å². The van der Waals surface area contributed by atoms with Crippen molar-refractivity contribution in [3.8, 4) is 0 Å². The van der Waals surface area contributed by atoms with E-state index in [4.69, 9.17) is 4.74 Å². The number of piperidine rings is 1. The fourth-order valence-electron chi connectivity index (χ4n) is 4.30. The average molecular weight is 519 g/mol. The van der Waals surface area contributed by atoms with Crippen LogP contribution in [0, 0.1) is 11.8 Å². The van der Waals surface area contributed by atoms with Crippen LogP contribution in [0.15, 0.2) is 4.99 Å². The zero-order valence-corrected chi connectivity index (χ0v) is 20.7. The molecule has 2 atom stereocenters. The molecule has 0 radical (unpaired) electrons. The lowest BCUT2D eigenvalue weighted by atomic mass is 9.97. The molecular formula is C20H38IN7O. The summed E-state index contributed by atoms with van der Waals surface area (Å²) >= 11 is 0. The summed E-state index contributed by atoms with van der Waals surface area (Å²) in [5.74, 6) is 4.14. The maximum Gasteiger partial charge on any atom is 0.191 e. The standard InChI is InChI=1S/C20H37N7O.HI/c1-15(2)11-26-9-5-6-16(12-26)10-22-20(21-3)23-17-7-8-19-24-18(14-28-4)25-27(19)13-17;/h15-17H,5-14H2,1-4H3,(H2,21,22,23);1H. The van der Waals surface area contributed by atoms with Crippen LogP contribution in [0.5, 0.6) is 0 Å². The fourth-order valence-corrected chi connectivity index (χ4v) is 4.30. The molecule has 2 aliphatic rings. The van der Waals surface area contributed by atoms with Crippen molar-refractivity contribution >= 4 is 29.9 Å². The molecule has 1 saturated heterocycles. The Balaban J connectivity index is 0.00000300. The summed E-state index contributed by atoms with van der Waals surface area (Å²) in [6.07, 6.45) is 4.56. The molecule has 2 unspecified atom stereocenters. The zero-order valence-electron chi connectivity index (χ0n) is 18.4. The first-order chi connectivity index (χ1) is 13.6. The molecule has 2 aliphatic heterocycles. The average Bonchev–Trinajstić information content (AvgIpc) is 3.07. The van der Waals surface area contributed by atoms with Gasteiger partial charge in [0.05, 0.1) is 6.54 Å². The third kappa shape index (κ3) is 7.36. The molecule has 166 valence electrons. The predicted molar refractivity (Wildman–Crippen MR) is 127 cm³/mol. The van der Waals surface area contributed by atoms with E-state index in [0.717, 1.165) is 49.5 Å². The van der Waals surface area contributed by atoms with Crippen molar-refractivity contribution in [2.75, 3.05) is 40.3 Å². The van der Waals surface area contributed by atoms with Gasteiger partial charge in [0.25, 0.3) is 0 Å². The number of aromatic nitrogens is 3. The molecule has 0 saturated carbocycles. The van der Waals surface area contributed by atoms with Crippen molar-refractivity contribution in [1.29, 1.82) is 0 Å². The lowest BCUT2D eigenvalue weighted by molar-refractivity contribution is 0.159. The van der Waals surface area contributed by atoms with Crippen LogP contribution < -0.4 is 10.6 Å². The Morgan fingerprint density at radius 3 is 2.86 bits per heavy atom. The maximum atomic E-state index is 5.15. The molecule has 29 heavy (non-hydrogen) atoms. The van der Waals surface area contributed by atoms with Crippen molar-refractivity contribution in [3.05, 3.63) is 11.6 Å². The summed E-state index contributed by atoms with van der Waals surface area (Å²) in [5.41, 5.74) is 0. The molecule has 0 amide bonds. The molecule has 3 heterocycles. The van der Waals surface area contributed by atoms with Gasteiger partial charge in [-0.2, -0.15) is 5.10 Å². The highest BCUT2D eigenvalue weighted by Crippen LogP contribution is 2.17. The lowest BCUT2D eigenvalue weighted by Crippen LogP contribution is -2.49. The Hall–Kier alpha value is -0.940. The quantitative estimate of drug-likeness (QED) is 0.326. The Morgan fingerprint density at radius 2 is 2.14 bits per heavy atom. The number of hydrogen-bond donors (Lipinski definition) is 2. The first kappa shape index (κ1) is 24.3. The van der Waals surface area contributed by atoms with E-state index in [1.165, 1.54) is 32.5 Å². The van der Waals surface area contributed by atoms with Crippen LogP contribution in [0.4, 0.5) is 0 Å². The minimum absolute atomic E-state index is 0. The van der Waals surface area contributed by atoms with E-state index in [0.29, 0.717) is 18.6 Å². The number of rotatable bonds is 7. The van der Waals surface area contributed by atoms with Crippen LogP contribution in [-0.2, 0) is 24.3 Å². The molecule has 8 nitrogen and oxygen atoms in total. The van der Waals surface area contributed by atoms with E-state index in [-0.39, 0.29) is 24.0 Å². The van der Waals surface area contributed by atoms with E-state index in [2.05, 4.69) is 44.5 Å². The van der Waals surface area contributed by atoms with E-state index in [1.807, 2.05) is 11.7 Å². The molecule has 0 aromatic carbocycles. The van der Waals surface area contributed by atoms with Crippen molar-refractivity contribution in [3.63, 3.8) is 0 Å². The van der Waals surface area contributed by atoms with Gasteiger partial charge >= 0.3 is 0 Å². The highest BCUT2D eigenvalue weighted by atomic mass is 127. The van der Waals surface area contributed by atoms with Gasteiger partial charge in [-0.3, -0.25) is 4.99 Å². The monoisotopic (exact) mass is 519 g/mol. The highest BCUT2D eigenvalue weighted by Gasteiger charge is 2.24. The number of aryl methyl sites for hydroxylation is 1. The van der Waals surface area contributed by atoms with E-state index < -0.39 is 0 Å². The van der Waals surface area contributed by atoms with Crippen molar-refractivity contribution < 1.29 is 4.74 Å². The number of nitrogens with one attached hydrogen (secondary N) is 2. The van der Waals surface area contributed by atoms with Gasteiger partial charge < -0.3 is 20.3 Å². The van der Waals surface area contributed by atoms with Gasteiger partial charge in [0.15, 0.2) is 11.8 Å². The molecule has 1 aromatic rings. The molecule has 1 aromatic heterocycles.